The number of amides is 1. The molecule has 3 aromatic rings. The Hall–Kier alpha value is -3.56. The average molecular weight is 472 g/mol. The molecule has 1 atom stereocenters. The highest BCUT2D eigenvalue weighted by molar-refractivity contribution is 7.15. The highest BCUT2D eigenvalue weighted by Gasteiger charge is 2.48. The van der Waals surface area contributed by atoms with Crippen molar-refractivity contribution in [2.24, 2.45) is 0 Å². The normalized spacial score (nSPS) is 17.1. The summed E-state index contributed by atoms with van der Waals surface area (Å²) in [5.74, 6) is -2.62. The van der Waals surface area contributed by atoms with Crippen LogP contribution in [0, 0.1) is 6.92 Å². The molecule has 0 aliphatic carbocycles. The molecule has 1 aliphatic heterocycles. The van der Waals surface area contributed by atoms with E-state index in [1.54, 1.807) is 61.5 Å². The third kappa shape index (κ3) is 4.84. The number of nitrogens with zero attached hydrogens (tertiary/aromatic N) is 3. The zero-order valence-corrected chi connectivity index (χ0v) is 18.6. The van der Waals surface area contributed by atoms with Gasteiger partial charge in [-0.05, 0) is 24.6 Å². The smallest absolute Gasteiger partial charge is 0.301 e. The predicted molar refractivity (Wildman–Crippen MR) is 121 cm³/mol. The summed E-state index contributed by atoms with van der Waals surface area (Å²) in [6, 6.07) is 14.6. The van der Waals surface area contributed by atoms with Crippen molar-refractivity contribution in [2.45, 2.75) is 19.9 Å². The Kier molecular flexibility index (Phi) is 7.01. The number of hydrogen-bond donors (Lipinski definition) is 2. The largest absolute Gasteiger partial charge is 0.507 e. The van der Waals surface area contributed by atoms with E-state index in [1.165, 1.54) is 16.2 Å². The van der Waals surface area contributed by atoms with Crippen LogP contribution in [0.25, 0.3) is 5.76 Å². The molecule has 0 saturated carbocycles. The predicted octanol–water partition coefficient (Wildman–Crippen LogP) is 4.22. The van der Waals surface area contributed by atoms with Crippen molar-refractivity contribution in [3.8, 4) is 0 Å². The van der Waals surface area contributed by atoms with Crippen LogP contribution in [-0.2, 0) is 14.4 Å². The first-order valence-electron chi connectivity index (χ1n) is 9.32. The summed E-state index contributed by atoms with van der Waals surface area (Å²) >= 11 is 7.34. The van der Waals surface area contributed by atoms with Crippen LogP contribution >= 0.6 is 22.9 Å². The van der Waals surface area contributed by atoms with Gasteiger partial charge >= 0.3 is 5.91 Å². The average Bonchev–Trinajstić information content (AvgIpc) is 3.29. The number of carboxylic acids is 1. The van der Waals surface area contributed by atoms with Crippen LogP contribution in [0.1, 0.15) is 29.1 Å². The molecule has 1 aromatic heterocycles. The number of aliphatic carboxylic acids is 1. The first-order chi connectivity index (χ1) is 15.2. The van der Waals surface area contributed by atoms with Gasteiger partial charge in [0.1, 0.15) is 10.8 Å². The maximum absolute atomic E-state index is 12.9. The zero-order valence-electron chi connectivity index (χ0n) is 17.0. The van der Waals surface area contributed by atoms with E-state index in [0.717, 1.165) is 6.92 Å². The number of aliphatic hydroxyl groups excluding tert-OH is 1. The van der Waals surface area contributed by atoms with Crippen molar-refractivity contribution >= 4 is 51.5 Å². The number of rotatable bonds is 3. The number of hydrogen-bond acceptors (Lipinski definition) is 7. The molecule has 2 heterocycles. The topological polar surface area (TPSA) is 121 Å². The Labute approximate surface area is 192 Å². The number of carboxylic acid groups (broad SMARTS) is 1. The van der Waals surface area contributed by atoms with E-state index < -0.39 is 23.7 Å². The molecule has 1 aliphatic rings. The van der Waals surface area contributed by atoms with Gasteiger partial charge in [0, 0.05) is 17.5 Å². The van der Waals surface area contributed by atoms with E-state index in [4.69, 9.17) is 21.5 Å². The lowest BCUT2D eigenvalue weighted by Gasteiger charge is -2.22. The lowest BCUT2D eigenvalue weighted by Crippen LogP contribution is -2.29. The standard InChI is InChI=1S/C20H14ClN3O3S.C2H4O2/c1-11-22-23-20(28-11)24-16(13-8-5-9-14(21)10-13)15(18(26)19(24)27)17(25)12-6-3-2-4-7-12;1-2(3)4/h2-10,16,25H,1H3;1H3,(H,3,4)/b17-15-;. The van der Waals surface area contributed by atoms with Crippen molar-refractivity contribution in [2.75, 3.05) is 4.90 Å². The Morgan fingerprint density at radius 1 is 1.06 bits per heavy atom. The minimum Gasteiger partial charge on any atom is -0.507 e. The minimum atomic E-state index is -0.855. The van der Waals surface area contributed by atoms with E-state index in [2.05, 4.69) is 10.2 Å². The van der Waals surface area contributed by atoms with Gasteiger partial charge in [0.2, 0.25) is 5.13 Å². The van der Waals surface area contributed by atoms with Gasteiger partial charge in [-0.3, -0.25) is 19.3 Å². The summed E-state index contributed by atoms with van der Waals surface area (Å²) < 4.78 is 0. The third-order valence-corrected chi connectivity index (χ3v) is 5.45. The number of anilines is 1. The fraction of sp³-hybridized carbons (Fsp3) is 0.136. The van der Waals surface area contributed by atoms with Gasteiger partial charge in [-0.15, -0.1) is 10.2 Å². The van der Waals surface area contributed by atoms with Crippen LogP contribution in [-0.4, -0.2) is 38.1 Å². The summed E-state index contributed by atoms with van der Waals surface area (Å²) in [5.41, 5.74) is 1.03. The molecule has 1 saturated heterocycles. The van der Waals surface area contributed by atoms with E-state index in [0.29, 0.717) is 21.2 Å². The van der Waals surface area contributed by atoms with Gasteiger partial charge in [-0.2, -0.15) is 0 Å². The number of ketones is 1. The molecule has 32 heavy (non-hydrogen) atoms. The number of halogens is 1. The Bertz CT molecular complexity index is 1210. The number of carbonyl (C=O) groups is 3. The zero-order chi connectivity index (χ0) is 23.4. The summed E-state index contributed by atoms with van der Waals surface area (Å²) in [6.07, 6.45) is 0. The van der Waals surface area contributed by atoms with Gasteiger partial charge in [-0.1, -0.05) is 65.4 Å². The first kappa shape index (κ1) is 23.1. The van der Waals surface area contributed by atoms with Crippen LogP contribution < -0.4 is 4.90 Å². The number of aromatic nitrogens is 2. The van der Waals surface area contributed by atoms with Crippen LogP contribution in [0.4, 0.5) is 5.13 Å². The molecule has 0 bridgehead atoms. The lowest BCUT2D eigenvalue weighted by atomic mass is 9.95. The summed E-state index contributed by atoms with van der Waals surface area (Å²) in [5, 5.41) is 27.7. The van der Waals surface area contributed by atoms with Crippen molar-refractivity contribution in [3.05, 3.63) is 81.3 Å². The van der Waals surface area contributed by atoms with Crippen molar-refractivity contribution in [1.82, 2.24) is 10.2 Å². The Balaban J connectivity index is 0.000000668. The molecule has 1 fully saturated rings. The molecular weight excluding hydrogens is 454 g/mol. The number of aliphatic hydroxyl groups is 1. The molecule has 164 valence electrons. The quantitative estimate of drug-likeness (QED) is 0.333. The van der Waals surface area contributed by atoms with Crippen molar-refractivity contribution < 1.29 is 24.6 Å². The Morgan fingerprint density at radius 2 is 1.72 bits per heavy atom. The van der Waals surface area contributed by atoms with E-state index >= 15 is 0 Å². The van der Waals surface area contributed by atoms with Gasteiger partial charge in [0.05, 0.1) is 11.6 Å². The van der Waals surface area contributed by atoms with Crippen molar-refractivity contribution in [1.29, 1.82) is 0 Å². The van der Waals surface area contributed by atoms with Gasteiger partial charge in [0.15, 0.2) is 0 Å². The van der Waals surface area contributed by atoms with Gasteiger partial charge in [0.25, 0.3) is 11.8 Å². The molecule has 2 aromatic carbocycles. The molecule has 8 nitrogen and oxygen atoms in total. The second kappa shape index (κ2) is 9.71. The van der Waals surface area contributed by atoms with E-state index in [1.807, 2.05) is 0 Å². The number of aryl methyl sites for hydroxylation is 1. The van der Waals surface area contributed by atoms with Crippen molar-refractivity contribution in [3.63, 3.8) is 0 Å². The first-order valence-corrected chi connectivity index (χ1v) is 10.5. The van der Waals surface area contributed by atoms with E-state index in [9.17, 15) is 14.7 Å². The lowest BCUT2D eigenvalue weighted by molar-refractivity contribution is -0.134. The molecule has 0 radical (unpaired) electrons. The number of carbonyl (C=O) groups excluding carboxylic acids is 2. The summed E-state index contributed by atoms with van der Waals surface area (Å²) in [7, 11) is 0. The van der Waals surface area contributed by atoms with Gasteiger partial charge in [-0.25, -0.2) is 0 Å². The second-order valence-electron chi connectivity index (χ2n) is 6.71. The fourth-order valence-corrected chi connectivity index (χ4v) is 4.07. The number of Topliss-reactive ketones (excluding diaryl/α,β-unsaturated/α-hetero) is 1. The summed E-state index contributed by atoms with van der Waals surface area (Å²) in [6.45, 7) is 2.84. The molecule has 1 unspecified atom stereocenters. The second-order valence-corrected chi connectivity index (χ2v) is 8.31. The molecule has 1 amide bonds. The molecule has 10 heteroatoms. The minimum absolute atomic E-state index is 0.00804. The monoisotopic (exact) mass is 471 g/mol. The molecule has 2 N–H and O–H groups in total. The molecule has 0 spiro atoms. The van der Waals surface area contributed by atoms with Gasteiger partial charge < -0.3 is 10.2 Å². The van der Waals surface area contributed by atoms with Crippen LogP contribution in [0.5, 0.6) is 0 Å². The third-order valence-electron chi connectivity index (χ3n) is 4.38. The van der Waals surface area contributed by atoms with Crippen LogP contribution in [0.2, 0.25) is 5.02 Å². The highest BCUT2D eigenvalue weighted by Crippen LogP contribution is 2.43. The number of benzene rings is 2. The summed E-state index contributed by atoms with van der Waals surface area (Å²) in [4.78, 5) is 36.0. The van der Waals surface area contributed by atoms with Crippen LogP contribution in [0.3, 0.4) is 0 Å². The molecule has 4 rings (SSSR count). The highest BCUT2D eigenvalue weighted by atomic mass is 35.5. The SMILES string of the molecule is CC(=O)O.Cc1nnc(N2C(=O)C(=O)/C(=C(\O)c3ccccc3)C2c2cccc(Cl)c2)s1. The van der Waals surface area contributed by atoms with Crippen LogP contribution in [0.15, 0.2) is 60.2 Å². The Morgan fingerprint density at radius 3 is 2.28 bits per heavy atom. The van der Waals surface area contributed by atoms with E-state index in [-0.39, 0.29) is 16.5 Å². The molecular formula is C22H18ClN3O5S. The fourth-order valence-electron chi connectivity index (χ4n) is 3.16. The maximum Gasteiger partial charge on any atom is 0.301 e. The maximum atomic E-state index is 12.9.